The predicted octanol–water partition coefficient (Wildman–Crippen LogP) is 4.27. The van der Waals surface area contributed by atoms with Gasteiger partial charge in [0.15, 0.2) is 6.61 Å². The van der Waals surface area contributed by atoms with E-state index in [-0.39, 0.29) is 12.5 Å². The molecule has 126 valence electrons. The maximum absolute atomic E-state index is 12.3. The zero-order valence-corrected chi connectivity index (χ0v) is 14.5. The predicted molar refractivity (Wildman–Crippen MR) is 98.2 cm³/mol. The van der Waals surface area contributed by atoms with Crippen LogP contribution in [0.5, 0.6) is 5.75 Å². The molecule has 2 aromatic rings. The zero-order chi connectivity index (χ0) is 16.9. The van der Waals surface area contributed by atoms with Gasteiger partial charge in [0.1, 0.15) is 5.75 Å². The van der Waals surface area contributed by atoms with Gasteiger partial charge in [-0.25, -0.2) is 0 Å². The summed E-state index contributed by atoms with van der Waals surface area (Å²) in [4.78, 5) is 14.5. The molecule has 1 saturated heterocycles. The molecule has 0 radical (unpaired) electrons. The number of hydrogen-bond acceptors (Lipinski definition) is 3. The van der Waals surface area contributed by atoms with Gasteiger partial charge in [0.25, 0.3) is 5.91 Å². The van der Waals surface area contributed by atoms with Crippen molar-refractivity contribution in [3.63, 3.8) is 0 Å². The number of nitrogens with zero attached hydrogens (tertiary/aromatic N) is 1. The summed E-state index contributed by atoms with van der Waals surface area (Å²) in [5.74, 6) is 0.527. The summed E-state index contributed by atoms with van der Waals surface area (Å²) in [6.07, 6.45) is 2.30. The van der Waals surface area contributed by atoms with Crippen LogP contribution in [0.4, 0.5) is 11.4 Å². The van der Waals surface area contributed by atoms with Gasteiger partial charge >= 0.3 is 0 Å². The van der Waals surface area contributed by atoms with Gasteiger partial charge in [0.2, 0.25) is 0 Å². The van der Waals surface area contributed by atoms with E-state index in [0.717, 1.165) is 48.6 Å². The molecule has 2 aromatic carbocycles. The second-order valence-electron chi connectivity index (χ2n) is 5.93. The summed E-state index contributed by atoms with van der Waals surface area (Å²) in [6.45, 7) is 3.85. The van der Waals surface area contributed by atoms with E-state index < -0.39 is 0 Å². The lowest BCUT2D eigenvalue weighted by Gasteiger charge is -2.23. The van der Waals surface area contributed by atoms with Crippen molar-refractivity contribution < 1.29 is 9.53 Å². The Morgan fingerprint density at radius 2 is 1.92 bits per heavy atom. The van der Waals surface area contributed by atoms with Crippen molar-refractivity contribution in [1.82, 2.24) is 0 Å². The second kappa shape index (κ2) is 7.58. The van der Waals surface area contributed by atoms with Crippen LogP contribution in [0.1, 0.15) is 18.4 Å². The SMILES string of the molecule is Cc1ccccc1OCC(=O)Nc1cccc(Cl)c1N1CCCC1. The summed E-state index contributed by atoms with van der Waals surface area (Å²) in [5, 5.41) is 3.59. The first-order valence-corrected chi connectivity index (χ1v) is 8.54. The number of ether oxygens (including phenoxy) is 1. The molecule has 1 heterocycles. The molecule has 0 unspecified atom stereocenters. The number of rotatable bonds is 5. The molecule has 0 aliphatic carbocycles. The van der Waals surface area contributed by atoms with Crippen LogP contribution >= 0.6 is 11.6 Å². The normalized spacial score (nSPS) is 13.8. The monoisotopic (exact) mass is 344 g/mol. The average molecular weight is 345 g/mol. The van der Waals surface area contributed by atoms with Gasteiger partial charge in [-0.2, -0.15) is 0 Å². The summed E-state index contributed by atoms with van der Waals surface area (Å²) in [7, 11) is 0. The van der Waals surface area contributed by atoms with E-state index in [1.165, 1.54) is 0 Å². The largest absolute Gasteiger partial charge is 0.483 e. The lowest BCUT2D eigenvalue weighted by Crippen LogP contribution is -2.24. The minimum atomic E-state index is -0.194. The molecule has 0 saturated carbocycles. The van der Waals surface area contributed by atoms with Crippen LogP contribution in [0.2, 0.25) is 5.02 Å². The van der Waals surface area contributed by atoms with Crippen LogP contribution in [-0.2, 0) is 4.79 Å². The Morgan fingerprint density at radius 1 is 1.17 bits per heavy atom. The van der Waals surface area contributed by atoms with Gasteiger partial charge in [-0.1, -0.05) is 35.9 Å². The summed E-state index contributed by atoms with van der Waals surface area (Å²) >= 11 is 6.36. The Balaban J connectivity index is 1.68. The summed E-state index contributed by atoms with van der Waals surface area (Å²) in [5.41, 5.74) is 2.65. The highest BCUT2D eigenvalue weighted by Gasteiger charge is 2.19. The van der Waals surface area contributed by atoms with Crippen molar-refractivity contribution in [2.24, 2.45) is 0 Å². The average Bonchev–Trinajstić information content (AvgIpc) is 3.08. The van der Waals surface area contributed by atoms with Crippen molar-refractivity contribution in [1.29, 1.82) is 0 Å². The Morgan fingerprint density at radius 3 is 2.67 bits per heavy atom. The first-order valence-electron chi connectivity index (χ1n) is 8.17. The molecule has 0 atom stereocenters. The number of hydrogen-bond donors (Lipinski definition) is 1. The van der Waals surface area contributed by atoms with Gasteiger partial charge in [0, 0.05) is 13.1 Å². The van der Waals surface area contributed by atoms with Crippen molar-refractivity contribution in [3.8, 4) is 5.75 Å². The van der Waals surface area contributed by atoms with Crippen LogP contribution in [0, 0.1) is 6.92 Å². The fourth-order valence-electron chi connectivity index (χ4n) is 2.93. The number of anilines is 2. The minimum absolute atomic E-state index is 0.0309. The molecule has 1 aliphatic heterocycles. The number of nitrogens with one attached hydrogen (secondary N) is 1. The van der Waals surface area contributed by atoms with E-state index in [1.807, 2.05) is 49.4 Å². The van der Waals surface area contributed by atoms with Crippen LogP contribution < -0.4 is 15.0 Å². The molecular formula is C19H21ClN2O2. The third kappa shape index (κ3) is 3.82. The maximum Gasteiger partial charge on any atom is 0.262 e. The smallest absolute Gasteiger partial charge is 0.262 e. The molecule has 24 heavy (non-hydrogen) atoms. The van der Waals surface area contributed by atoms with Crippen molar-refractivity contribution >= 4 is 28.9 Å². The fourth-order valence-corrected chi connectivity index (χ4v) is 3.22. The highest BCUT2D eigenvalue weighted by atomic mass is 35.5. The lowest BCUT2D eigenvalue weighted by molar-refractivity contribution is -0.118. The van der Waals surface area contributed by atoms with E-state index in [2.05, 4.69) is 10.2 Å². The molecule has 1 amide bonds. The standard InChI is InChI=1S/C19H21ClN2O2/c1-14-7-2-3-10-17(14)24-13-18(23)21-16-9-6-8-15(20)19(16)22-11-4-5-12-22/h2-3,6-10H,4-5,11-13H2,1H3,(H,21,23). The van der Waals surface area contributed by atoms with E-state index in [1.54, 1.807) is 0 Å². The Hall–Kier alpha value is -2.20. The first-order chi connectivity index (χ1) is 11.6. The van der Waals surface area contributed by atoms with E-state index in [0.29, 0.717) is 5.02 Å². The van der Waals surface area contributed by atoms with Crippen molar-refractivity contribution in [2.45, 2.75) is 19.8 Å². The number of benzene rings is 2. The molecule has 0 spiro atoms. The van der Waals surface area contributed by atoms with E-state index in [9.17, 15) is 4.79 Å². The molecular weight excluding hydrogens is 324 g/mol. The Bertz CT molecular complexity index is 727. The van der Waals surface area contributed by atoms with E-state index >= 15 is 0 Å². The van der Waals surface area contributed by atoms with Crippen LogP contribution in [0.25, 0.3) is 0 Å². The van der Waals surface area contributed by atoms with Crippen LogP contribution in [0.3, 0.4) is 0 Å². The van der Waals surface area contributed by atoms with Crippen molar-refractivity contribution in [3.05, 3.63) is 53.1 Å². The highest BCUT2D eigenvalue weighted by Crippen LogP contribution is 2.35. The molecule has 1 N–H and O–H groups in total. The first kappa shape index (κ1) is 16.7. The lowest BCUT2D eigenvalue weighted by atomic mass is 10.2. The van der Waals surface area contributed by atoms with Gasteiger partial charge in [-0.15, -0.1) is 0 Å². The Kier molecular flexibility index (Phi) is 5.26. The minimum Gasteiger partial charge on any atom is -0.483 e. The number of amides is 1. The second-order valence-corrected chi connectivity index (χ2v) is 6.34. The molecule has 0 aromatic heterocycles. The van der Waals surface area contributed by atoms with Gasteiger partial charge in [-0.05, 0) is 43.5 Å². The number of carbonyl (C=O) groups is 1. The number of carbonyl (C=O) groups excluding carboxylic acids is 1. The van der Waals surface area contributed by atoms with Gasteiger partial charge in [0.05, 0.1) is 16.4 Å². The zero-order valence-electron chi connectivity index (χ0n) is 13.7. The molecule has 1 aliphatic rings. The van der Waals surface area contributed by atoms with Crippen LogP contribution in [0.15, 0.2) is 42.5 Å². The van der Waals surface area contributed by atoms with Crippen molar-refractivity contribution in [2.75, 3.05) is 29.9 Å². The number of halogens is 1. The quantitative estimate of drug-likeness (QED) is 0.880. The van der Waals surface area contributed by atoms with Crippen LogP contribution in [-0.4, -0.2) is 25.6 Å². The maximum atomic E-state index is 12.3. The van der Waals surface area contributed by atoms with Gasteiger partial charge in [-0.3, -0.25) is 4.79 Å². The summed E-state index contributed by atoms with van der Waals surface area (Å²) < 4.78 is 5.61. The van der Waals surface area contributed by atoms with Gasteiger partial charge < -0.3 is 15.0 Å². The fraction of sp³-hybridized carbons (Fsp3) is 0.316. The third-order valence-electron chi connectivity index (χ3n) is 4.14. The highest BCUT2D eigenvalue weighted by molar-refractivity contribution is 6.34. The van der Waals surface area contributed by atoms with E-state index in [4.69, 9.17) is 16.3 Å². The number of aryl methyl sites for hydroxylation is 1. The third-order valence-corrected chi connectivity index (χ3v) is 4.44. The topological polar surface area (TPSA) is 41.6 Å². The molecule has 1 fully saturated rings. The Labute approximate surface area is 147 Å². The molecule has 5 heteroatoms. The molecule has 3 rings (SSSR count). The summed E-state index contributed by atoms with van der Waals surface area (Å²) in [6, 6.07) is 13.2. The molecule has 4 nitrogen and oxygen atoms in total. The number of para-hydroxylation sites is 2. The molecule has 0 bridgehead atoms.